The molecule has 3 N–H and O–H groups in total. The minimum Gasteiger partial charge on any atom is -0.497 e. The molecule has 1 saturated carbocycles. The molecule has 8 nitrogen and oxygen atoms in total. The summed E-state index contributed by atoms with van der Waals surface area (Å²) in [6, 6.07) is 13.6. The molecule has 3 aliphatic carbocycles. The number of fused-ring (bicyclic) bond motifs is 8. The molecule has 0 aromatic heterocycles. The summed E-state index contributed by atoms with van der Waals surface area (Å²) in [7, 11) is 3.13. The lowest BCUT2D eigenvalue weighted by Gasteiger charge is -2.46. The van der Waals surface area contributed by atoms with Crippen LogP contribution in [0, 0.1) is 17.0 Å². The second-order valence-corrected chi connectivity index (χ2v) is 15.0. The molecule has 1 fully saturated rings. The number of methoxy groups -OCH3 is 2. The van der Waals surface area contributed by atoms with Crippen molar-refractivity contribution in [2.75, 3.05) is 20.8 Å². The Labute approximate surface area is 305 Å². The summed E-state index contributed by atoms with van der Waals surface area (Å²) in [6.45, 7) is 8.01. The van der Waals surface area contributed by atoms with Gasteiger partial charge >= 0.3 is 6.03 Å². The number of nitrogens with one attached hydrogen (secondary N) is 1. The molecule has 0 radical (unpaired) electrons. The first-order chi connectivity index (χ1) is 24.7. The van der Waals surface area contributed by atoms with Crippen molar-refractivity contribution in [3.8, 4) is 11.5 Å². The van der Waals surface area contributed by atoms with E-state index in [9.17, 15) is 28.6 Å². The van der Waals surface area contributed by atoms with Crippen LogP contribution in [0.3, 0.4) is 0 Å². The summed E-state index contributed by atoms with van der Waals surface area (Å²) in [5, 5.41) is 26.9. The summed E-state index contributed by atoms with van der Waals surface area (Å²) in [4.78, 5) is 29.7. The number of ether oxygens (including phenoxy) is 2. The summed E-state index contributed by atoms with van der Waals surface area (Å²) in [6.07, 6.45) is 5.12. The number of rotatable bonds is 9. The van der Waals surface area contributed by atoms with Crippen LogP contribution in [0.2, 0.25) is 0 Å². The second kappa shape index (κ2) is 16.2. The van der Waals surface area contributed by atoms with Crippen molar-refractivity contribution in [3.05, 3.63) is 106 Å². The monoisotopic (exact) mass is 718 g/mol. The molecule has 0 saturated heterocycles. The highest BCUT2D eigenvalue weighted by molar-refractivity contribution is 6.10. The van der Waals surface area contributed by atoms with E-state index in [1.165, 1.54) is 6.07 Å². The Balaban J connectivity index is 1.61. The molecule has 2 amide bonds. The summed E-state index contributed by atoms with van der Waals surface area (Å²) >= 11 is 0. The van der Waals surface area contributed by atoms with Gasteiger partial charge in [-0.25, -0.2) is 13.6 Å². The van der Waals surface area contributed by atoms with Gasteiger partial charge in [0.1, 0.15) is 11.5 Å². The van der Waals surface area contributed by atoms with Crippen molar-refractivity contribution in [3.63, 3.8) is 0 Å². The van der Waals surface area contributed by atoms with E-state index < -0.39 is 34.5 Å². The van der Waals surface area contributed by atoms with Crippen LogP contribution in [-0.2, 0) is 13.0 Å². The quantitative estimate of drug-likeness (QED) is 0.154. The Bertz CT molecular complexity index is 1810. The molecular weight excluding hydrogens is 666 g/mol. The van der Waals surface area contributed by atoms with E-state index in [0.29, 0.717) is 67.6 Å². The number of hydrogen-bond acceptors (Lipinski definition) is 6. The van der Waals surface area contributed by atoms with E-state index >= 15 is 0 Å². The van der Waals surface area contributed by atoms with Crippen molar-refractivity contribution >= 4 is 11.8 Å². The average molecular weight is 719 g/mol. The molecule has 3 aliphatic rings. The molecule has 280 valence electrons. The topological polar surface area (TPSA) is 108 Å². The highest BCUT2D eigenvalue weighted by Crippen LogP contribution is 2.59. The predicted molar refractivity (Wildman–Crippen MR) is 197 cm³/mol. The van der Waals surface area contributed by atoms with Gasteiger partial charge in [0.05, 0.1) is 39.0 Å². The van der Waals surface area contributed by atoms with Crippen LogP contribution in [0.5, 0.6) is 11.5 Å². The zero-order chi connectivity index (χ0) is 37.8. The highest BCUT2D eigenvalue weighted by Gasteiger charge is 2.57. The number of benzene rings is 3. The standard InChI is InChI=1S/C42H52F2N2O6/c1-26(2)45-40(49)46(24-30-11-14-32(51-5)23-38(30)52-6)25-42(50)19-17-35-33-15-10-28(20-31(47)13-9-27(3)8-7-18-41(35,42)4)21-34(33)39(48)29-12-16-36(43)37(44)22-29/h8,10-12,14-16,21-23,26,31,35,47,50H,7,9,13,17-20,24-25H2,1-6H3,(H,45,49)/t31-,35-,41-,42+/m0/s1. The molecule has 52 heavy (non-hydrogen) atoms. The lowest BCUT2D eigenvalue weighted by Crippen LogP contribution is -2.55. The van der Waals surface area contributed by atoms with E-state index in [1.54, 1.807) is 37.3 Å². The number of allylic oxidation sites excluding steroid dienone is 2. The number of hydrogen-bond donors (Lipinski definition) is 3. The fourth-order valence-corrected chi connectivity index (χ4v) is 8.03. The lowest BCUT2D eigenvalue weighted by molar-refractivity contribution is -0.0781. The number of aliphatic hydroxyl groups excluding tert-OH is 1. The Morgan fingerprint density at radius 3 is 2.46 bits per heavy atom. The zero-order valence-corrected chi connectivity index (χ0v) is 31.1. The minimum absolute atomic E-state index is 0.00711. The average Bonchev–Trinajstić information content (AvgIpc) is 3.36. The number of carbonyl (C=O) groups excluding carboxylic acids is 2. The first-order valence-corrected chi connectivity index (χ1v) is 18.1. The Morgan fingerprint density at radius 2 is 1.77 bits per heavy atom. The van der Waals surface area contributed by atoms with Crippen LogP contribution in [0.25, 0.3) is 0 Å². The largest absolute Gasteiger partial charge is 0.497 e. The molecule has 0 heterocycles. The summed E-state index contributed by atoms with van der Waals surface area (Å²) in [5.41, 5.74) is 1.45. The van der Waals surface area contributed by atoms with Gasteiger partial charge in [-0.15, -0.1) is 0 Å². The van der Waals surface area contributed by atoms with E-state index in [1.807, 2.05) is 45.9 Å². The molecule has 3 aromatic carbocycles. The van der Waals surface area contributed by atoms with Gasteiger partial charge in [-0.1, -0.05) is 30.7 Å². The van der Waals surface area contributed by atoms with Crippen molar-refractivity contribution in [1.82, 2.24) is 10.2 Å². The van der Waals surface area contributed by atoms with Gasteiger partial charge in [0.15, 0.2) is 17.4 Å². The van der Waals surface area contributed by atoms with Gasteiger partial charge in [0.25, 0.3) is 0 Å². The summed E-state index contributed by atoms with van der Waals surface area (Å²) < 4.78 is 39.4. The van der Waals surface area contributed by atoms with Gasteiger partial charge in [-0.2, -0.15) is 0 Å². The van der Waals surface area contributed by atoms with Crippen molar-refractivity contribution in [2.24, 2.45) is 5.41 Å². The normalized spacial score (nSPS) is 23.4. The van der Waals surface area contributed by atoms with E-state index in [0.717, 1.165) is 28.8 Å². The third-order valence-electron chi connectivity index (χ3n) is 11.1. The highest BCUT2D eigenvalue weighted by atomic mass is 19.2. The maximum absolute atomic E-state index is 14.4. The minimum atomic E-state index is -1.39. The van der Waals surface area contributed by atoms with E-state index in [2.05, 4.69) is 11.4 Å². The van der Waals surface area contributed by atoms with E-state index in [4.69, 9.17) is 9.47 Å². The fourth-order valence-electron chi connectivity index (χ4n) is 8.03. The van der Waals surface area contributed by atoms with E-state index in [-0.39, 0.29) is 36.6 Å². The van der Waals surface area contributed by atoms with Gasteiger partial charge in [-0.05, 0) is 119 Å². The fraction of sp³-hybridized carbons (Fsp3) is 0.476. The smallest absolute Gasteiger partial charge is 0.317 e. The van der Waals surface area contributed by atoms with Crippen molar-refractivity contribution < 1.29 is 38.1 Å². The number of nitrogens with zero attached hydrogens (tertiary/aromatic N) is 1. The molecule has 10 heteroatoms. The third-order valence-corrected chi connectivity index (χ3v) is 11.1. The maximum atomic E-state index is 14.4. The van der Waals surface area contributed by atoms with Crippen LogP contribution < -0.4 is 14.8 Å². The number of ketones is 1. The van der Waals surface area contributed by atoms with Crippen LogP contribution in [0.1, 0.15) is 105 Å². The van der Waals surface area contributed by atoms with Crippen molar-refractivity contribution in [1.29, 1.82) is 0 Å². The molecule has 2 bridgehead atoms. The molecule has 0 unspecified atom stereocenters. The van der Waals surface area contributed by atoms with Gasteiger partial charge < -0.3 is 29.9 Å². The molecular formula is C42H52F2N2O6. The predicted octanol–water partition coefficient (Wildman–Crippen LogP) is 7.87. The molecule has 0 aliphatic heterocycles. The maximum Gasteiger partial charge on any atom is 0.317 e. The number of halogens is 2. The number of amides is 2. The van der Waals surface area contributed by atoms with Crippen LogP contribution in [0.4, 0.5) is 13.6 Å². The van der Waals surface area contributed by atoms with Crippen LogP contribution >= 0.6 is 0 Å². The molecule has 6 rings (SSSR count). The van der Waals surface area contributed by atoms with Gasteiger partial charge in [0, 0.05) is 34.2 Å². The van der Waals surface area contributed by atoms with Crippen molar-refractivity contribution in [2.45, 2.75) is 103 Å². The molecule has 4 atom stereocenters. The SMILES string of the molecule is COc1ccc(CN(C[C@]2(O)CC[C@H]3c4ccc(cc4C(=O)c4ccc(F)c(F)c4)C[C@@H](O)CCC(C)=CCC[C@@]32C)C(=O)NC(C)C)c(OC)c1. The Morgan fingerprint density at radius 1 is 1.00 bits per heavy atom. The molecule has 0 spiro atoms. The van der Waals surface area contributed by atoms with Gasteiger partial charge in [0.2, 0.25) is 0 Å². The molecule has 3 aromatic rings. The lowest BCUT2D eigenvalue weighted by atomic mass is 9.64. The Kier molecular flexibility index (Phi) is 12.1. The zero-order valence-electron chi connectivity index (χ0n) is 31.1. The third kappa shape index (κ3) is 8.34. The number of aliphatic hydroxyl groups is 2. The van der Waals surface area contributed by atoms with Crippen LogP contribution in [0.15, 0.2) is 66.2 Å². The Hall–Kier alpha value is -4.28. The number of carbonyl (C=O) groups is 2. The second-order valence-electron chi connectivity index (χ2n) is 15.0. The summed E-state index contributed by atoms with van der Waals surface area (Å²) in [5.74, 6) is -1.79. The first-order valence-electron chi connectivity index (χ1n) is 18.1. The van der Waals surface area contributed by atoms with Crippen LogP contribution in [-0.4, -0.2) is 65.4 Å². The van der Waals surface area contributed by atoms with Gasteiger partial charge in [-0.3, -0.25) is 4.79 Å². The number of urea groups is 1. The first kappa shape index (κ1) is 38.9.